The van der Waals surface area contributed by atoms with E-state index in [2.05, 4.69) is 18.7 Å². The minimum absolute atomic E-state index is 0.329. The van der Waals surface area contributed by atoms with Gasteiger partial charge in [-0.25, -0.2) is 0 Å². The maximum absolute atomic E-state index is 10.7. The minimum atomic E-state index is -0.653. The summed E-state index contributed by atoms with van der Waals surface area (Å²) in [6, 6.07) is 0. The zero-order valence-corrected chi connectivity index (χ0v) is 20.1. The van der Waals surface area contributed by atoms with Crippen molar-refractivity contribution in [3.63, 3.8) is 0 Å². The lowest BCUT2D eigenvalue weighted by Crippen LogP contribution is -2.27. The highest BCUT2D eigenvalue weighted by molar-refractivity contribution is 5.66. The van der Waals surface area contributed by atoms with Crippen molar-refractivity contribution in [2.45, 2.75) is 142 Å². The second kappa shape index (κ2) is 23.7. The standard InChI is InChI=1S/C26H53NO2/c1-3-5-7-9-11-13-15-19-23-27(25-21-17-18-22-26(28)29)24-20-16-14-12-10-8-6-4-2/h3-25H2,1-2H3,(H,28,29). The second-order valence-electron chi connectivity index (χ2n) is 9.00. The fourth-order valence-corrected chi connectivity index (χ4v) is 4.06. The smallest absolute Gasteiger partial charge is 0.303 e. The number of unbranched alkanes of at least 4 members (excludes halogenated alkanes) is 16. The fourth-order valence-electron chi connectivity index (χ4n) is 4.06. The molecule has 0 spiro atoms. The molecular weight excluding hydrogens is 358 g/mol. The molecule has 0 bridgehead atoms. The van der Waals surface area contributed by atoms with Crippen LogP contribution in [0.3, 0.4) is 0 Å². The number of carboxylic acid groups (broad SMARTS) is 1. The molecule has 29 heavy (non-hydrogen) atoms. The van der Waals surface area contributed by atoms with Crippen molar-refractivity contribution in [2.24, 2.45) is 0 Å². The molecule has 0 amide bonds. The molecule has 0 aromatic heterocycles. The molecule has 3 nitrogen and oxygen atoms in total. The van der Waals surface area contributed by atoms with Gasteiger partial charge in [-0.15, -0.1) is 0 Å². The number of nitrogens with zero attached hydrogens (tertiary/aromatic N) is 1. The van der Waals surface area contributed by atoms with Gasteiger partial charge < -0.3 is 10.0 Å². The van der Waals surface area contributed by atoms with Crippen molar-refractivity contribution in [2.75, 3.05) is 19.6 Å². The number of aliphatic carboxylic acids is 1. The molecule has 0 saturated heterocycles. The fraction of sp³-hybridized carbons (Fsp3) is 0.962. The Morgan fingerprint density at radius 2 is 0.828 bits per heavy atom. The van der Waals surface area contributed by atoms with Crippen molar-refractivity contribution in [3.8, 4) is 0 Å². The maximum atomic E-state index is 10.7. The van der Waals surface area contributed by atoms with E-state index in [4.69, 9.17) is 5.11 Å². The maximum Gasteiger partial charge on any atom is 0.303 e. The molecule has 0 fully saturated rings. The van der Waals surface area contributed by atoms with E-state index in [-0.39, 0.29) is 0 Å². The monoisotopic (exact) mass is 411 g/mol. The molecule has 0 aromatic carbocycles. The van der Waals surface area contributed by atoms with Crippen molar-refractivity contribution >= 4 is 5.97 Å². The van der Waals surface area contributed by atoms with Gasteiger partial charge in [0.1, 0.15) is 0 Å². The van der Waals surface area contributed by atoms with Gasteiger partial charge in [-0.05, 0) is 45.3 Å². The van der Waals surface area contributed by atoms with E-state index < -0.39 is 5.97 Å². The number of carboxylic acids is 1. The van der Waals surface area contributed by atoms with Crippen LogP contribution < -0.4 is 0 Å². The van der Waals surface area contributed by atoms with Gasteiger partial charge in [0.25, 0.3) is 0 Å². The van der Waals surface area contributed by atoms with Gasteiger partial charge in [0.05, 0.1) is 0 Å². The summed E-state index contributed by atoms with van der Waals surface area (Å²) in [7, 11) is 0. The summed E-state index contributed by atoms with van der Waals surface area (Å²) < 4.78 is 0. The van der Waals surface area contributed by atoms with Crippen LogP contribution in [0.2, 0.25) is 0 Å². The Kier molecular flexibility index (Phi) is 23.2. The predicted octanol–water partition coefficient (Wildman–Crippen LogP) is 8.21. The average molecular weight is 412 g/mol. The van der Waals surface area contributed by atoms with Crippen molar-refractivity contribution in [1.82, 2.24) is 4.90 Å². The van der Waals surface area contributed by atoms with Gasteiger partial charge in [-0.1, -0.05) is 110 Å². The van der Waals surface area contributed by atoms with Crippen LogP contribution in [0.1, 0.15) is 142 Å². The average Bonchev–Trinajstić information content (AvgIpc) is 2.70. The third-order valence-corrected chi connectivity index (χ3v) is 6.02. The summed E-state index contributed by atoms with van der Waals surface area (Å²) in [6.45, 7) is 8.20. The first-order chi connectivity index (χ1) is 14.2. The molecule has 0 aromatic rings. The third-order valence-electron chi connectivity index (χ3n) is 6.02. The molecule has 0 heterocycles. The van der Waals surface area contributed by atoms with Crippen LogP contribution in [0.4, 0.5) is 0 Å². The molecule has 1 N–H and O–H groups in total. The topological polar surface area (TPSA) is 40.5 Å². The molecule has 174 valence electrons. The normalized spacial score (nSPS) is 11.4. The highest BCUT2D eigenvalue weighted by atomic mass is 16.4. The first-order valence-electron chi connectivity index (χ1n) is 13.1. The summed E-state index contributed by atoms with van der Waals surface area (Å²) in [4.78, 5) is 13.3. The van der Waals surface area contributed by atoms with Crippen LogP contribution in [0.25, 0.3) is 0 Å². The first kappa shape index (κ1) is 28.4. The van der Waals surface area contributed by atoms with E-state index in [9.17, 15) is 4.79 Å². The quantitative estimate of drug-likeness (QED) is 0.163. The highest BCUT2D eigenvalue weighted by Gasteiger charge is 2.05. The van der Waals surface area contributed by atoms with E-state index in [0.29, 0.717) is 6.42 Å². The SMILES string of the molecule is CCCCCCCCCCN(CCCCCCCCCC)CCCCCC(=O)O. The van der Waals surface area contributed by atoms with E-state index in [0.717, 1.165) is 25.8 Å². The lowest BCUT2D eigenvalue weighted by molar-refractivity contribution is -0.137. The number of carbonyl (C=O) groups is 1. The van der Waals surface area contributed by atoms with Crippen LogP contribution >= 0.6 is 0 Å². The van der Waals surface area contributed by atoms with Crippen LogP contribution in [0.5, 0.6) is 0 Å². The summed E-state index contributed by atoms with van der Waals surface area (Å²) in [5.41, 5.74) is 0. The molecule has 0 atom stereocenters. The summed E-state index contributed by atoms with van der Waals surface area (Å²) >= 11 is 0. The number of rotatable bonds is 24. The van der Waals surface area contributed by atoms with Crippen molar-refractivity contribution < 1.29 is 9.90 Å². The number of hydrogen-bond donors (Lipinski definition) is 1. The Morgan fingerprint density at radius 3 is 1.17 bits per heavy atom. The molecule has 3 heteroatoms. The molecule has 0 rings (SSSR count). The largest absolute Gasteiger partial charge is 0.481 e. The van der Waals surface area contributed by atoms with Crippen LogP contribution in [0, 0.1) is 0 Å². The summed E-state index contributed by atoms with van der Waals surface area (Å²) in [5, 5.41) is 8.78. The van der Waals surface area contributed by atoms with Crippen molar-refractivity contribution in [3.05, 3.63) is 0 Å². The van der Waals surface area contributed by atoms with E-state index in [1.54, 1.807) is 0 Å². The van der Waals surface area contributed by atoms with Gasteiger partial charge in [-0.3, -0.25) is 4.79 Å². The Bertz CT molecular complexity index is 313. The van der Waals surface area contributed by atoms with Gasteiger partial charge in [0, 0.05) is 6.42 Å². The third kappa shape index (κ3) is 23.6. The highest BCUT2D eigenvalue weighted by Crippen LogP contribution is 2.12. The van der Waals surface area contributed by atoms with Crippen molar-refractivity contribution in [1.29, 1.82) is 0 Å². The molecule has 0 radical (unpaired) electrons. The predicted molar refractivity (Wildman–Crippen MR) is 128 cm³/mol. The Hall–Kier alpha value is -0.570. The molecule has 0 aliphatic heterocycles. The Labute approximate surface area is 183 Å². The van der Waals surface area contributed by atoms with Crippen LogP contribution in [-0.2, 0) is 4.79 Å². The molecule has 0 unspecified atom stereocenters. The van der Waals surface area contributed by atoms with Gasteiger partial charge >= 0.3 is 5.97 Å². The molecule has 0 saturated carbocycles. The van der Waals surface area contributed by atoms with E-state index >= 15 is 0 Å². The molecule has 0 aliphatic carbocycles. The molecular formula is C26H53NO2. The van der Waals surface area contributed by atoms with Gasteiger partial charge in [0.15, 0.2) is 0 Å². The van der Waals surface area contributed by atoms with Gasteiger partial charge in [-0.2, -0.15) is 0 Å². The summed E-state index contributed by atoms with van der Waals surface area (Å²) in [5.74, 6) is -0.653. The Morgan fingerprint density at radius 1 is 0.517 bits per heavy atom. The van der Waals surface area contributed by atoms with Gasteiger partial charge in [0.2, 0.25) is 0 Å². The lowest BCUT2D eigenvalue weighted by atomic mass is 10.1. The summed E-state index contributed by atoms with van der Waals surface area (Å²) in [6.07, 6.45) is 25.5. The first-order valence-corrected chi connectivity index (χ1v) is 13.1. The minimum Gasteiger partial charge on any atom is -0.481 e. The lowest BCUT2D eigenvalue weighted by Gasteiger charge is -2.22. The second-order valence-corrected chi connectivity index (χ2v) is 9.00. The van der Waals surface area contributed by atoms with E-state index in [1.807, 2.05) is 0 Å². The molecule has 0 aliphatic rings. The van der Waals surface area contributed by atoms with Crippen LogP contribution in [0.15, 0.2) is 0 Å². The zero-order chi connectivity index (χ0) is 21.4. The Balaban J connectivity index is 3.83. The zero-order valence-electron chi connectivity index (χ0n) is 20.1. The number of hydrogen-bond acceptors (Lipinski definition) is 2. The van der Waals surface area contributed by atoms with E-state index in [1.165, 1.54) is 116 Å². The van der Waals surface area contributed by atoms with Crippen LogP contribution in [-0.4, -0.2) is 35.6 Å².